The molecule has 0 heterocycles. The van der Waals surface area contributed by atoms with E-state index >= 15 is 0 Å². The number of benzene rings is 1. The van der Waals surface area contributed by atoms with Crippen LogP contribution in [-0.4, -0.2) is 35.4 Å². The Kier molecular flexibility index (Phi) is 3.63. The Morgan fingerprint density at radius 1 is 1.47 bits per heavy atom. The van der Waals surface area contributed by atoms with E-state index in [9.17, 15) is 9.90 Å². The van der Waals surface area contributed by atoms with Gasteiger partial charge in [0.25, 0.3) is 0 Å². The number of hydrogen-bond acceptors (Lipinski definition) is 4. The lowest BCUT2D eigenvalue weighted by Gasteiger charge is -2.36. The molecule has 1 aromatic rings. The summed E-state index contributed by atoms with van der Waals surface area (Å²) in [7, 11) is 1.77. The van der Waals surface area contributed by atoms with Gasteiger partial charge in [-0.25, -0.2) is 4.79 Å². The van der Waals surface area contributed by atoms with Gasteiger partial charge in [-0.3, -0.25) is 0 Å². The third-order valence-electron chi connectivity index (χ3n) is 2.93. The zero-order valence-corrected chi connectivity index (χ0v) is 10.3. The van der Waals surface area contributed by atoms with Crippen LogP contribution in [0.5, 0.6) is 0 Å². The molecule has 0 saturated heterocycles. The van der Waals surface area contributed by atoms with Crippen molar-refractivity contribution in [2.45, 2.75) is 19.4 Å². The molecule has 5 nitrogen and oxygen atoms in total. The molecule has 94 valence electrons. The summed E-state index contributed by atoms with van der Waals surface area (Å²) >= 11 is 0. The Bertz CT molecular complexity index is 430. The number of carboxylic acids is 1. The van der Waals surface area contributed by atoms with E-state index in [1.807, 2.05) is 13.8 Å². The number of carboxylic acid groups (broad SMARTS) is 1. The fraction of sp³-hybridized carbons (Fsp3) is 0.417. The molecule has 0 aromatic heterocycles. The van der Waals surface area contributed by atoms with Gasteiger partial charge in [0.2, 0.25) is 0 Å². The number of rotatable bonds is 4. The SMILES string of the molecule is CN(c1cc(C(=O)O)ccc1N)C(C)(C)CO. The fourth-order valence-electron chi connectivity index (χ4n) is 1.40. The van der Waals surface area contributed by atoms with Crippen LogP contribution in [0.3, 0.4) is 0 Å². The minimum Gasteiger partial charge on any atom is -0.478 e. The van der Waals surface area contributed by atoms with Crippen LogP contribution >= 0.6 is 0 Å². The molecule has 1 rings (SSSR count). The van der Waals surface area contributed by atoms with Gasteiger partial charge < -0.3 is 20.8 Å². The van der Waals surface area contributed by atoms with Gasteiger partial charge in [0.05, 0.1) is 29.1 Å². The molecule has 0 amide bonds. The van der Waals surface area contributed by atoms with Gasteiger partial charge in [0.15, 0.2) is 0 Å². The average Bonchev–Trinajstić information content (AvgIpc) is 2.28. The van der Waals surface area contributed by atoms with E-state index in [4.69, 9.17) is 10.8 Å². The van der Waals surface area contributed by atoms with E-state index in [1.165, 1.54) is 12.1 Å². The second kappa shape index (κ2) is 4.63. The number of nitrogens with two attached hydrogens (primary N) is 1. The van der Waals surface area contributed by atoms with Gasteiger partial charge in [0.1, 0.15) is 0 Å². The predicted octanol–water partition coefficient (Wildman–Crippen LogP) is 1.17. The first-order valence-corrected chi connectivity index (χ1v) is 5.27. The lowest BCUT2D eigenvalue weighted by Crippen LogP contribution is -2.44. The van der Waals surface area contributed by atoms with Crippen LogP contribution in [0.15, 0.2) is 18.2 Å². The second-order valence-corrected chi connectivity index (χ2v) is 4.61. The molecule has 0 fully saturated rings. The van der Waals surface area contributed by atoms with Crippen LogP contribution in [0.25, 0.3) is 0 Å². The Balaban J connectivity index is 3.21. The third-order valence-corrected chi connectivity index (χ3v) is 2.93. The zero-order valence-electron chi connectivity index (χ0n) is 10.3. The smallest absolute Gasteiger partial charge is 0.335 e. The van der Waals surface area contributed by atoms with Crippen molar-refractivity contribution in [3.05, 3.63) is 23.8 Å². The number of nitrogens with zero attached hydrogens (tertiary/aromatic N) is 1. The van der Waals surface area contributed by atoms with E-state index < -0.39 is 11.5 Å². The summed E-state index contributed by atoms with van der Waals surface area (Å²) in [6, 6.07) is 4.53. The monoisotopic (exact) mass is 238 g/mol. The highest BCUT2D eigenvalue weighted by atomic mass is 16.4. The molecule has 0 radical (unpaired) electrons. The summed E-state index contributed by atoms with van der Waals surface area (Å²) in [5, 5.41) is 18.2. The van der Waals surface area contributed by atoms with Crippen LogP contribution in [0.1, 0.15) is 24.2 Å². The quantitative estimate of drug-likeness (QED) is 0.685. The van der Waals surface area contributed by atoms with Crippen LogP contribution in [0.4, 0.5) is 11.4 Å². The minimum absolute atomic E-state index is 0.0553. The fourth-order valence-corrected chi connectivity index (χ4v) is 1.40. The molecular weight excluding hydrogens is 220 g/mol. The van der Waals surface area contributed by atoms with Crippen molar-refractivity contribution in [1.82, 2.24) is 0 Å². The van der Waals surface area contributed by atoms with Crippen molar-refractivity contribution in [3.8, 4) is 0 Å². The topological polar surface area (TPSA) is 86.8 Å². The molecule has 0 bridgehead atoms. The highest BCUT2D eigenvalue weighted by molar-refractivity contribution is 5.90. The zero-order chi connectivity index (χ0) is 13.2. The van der Waals surface area contributed by atoms with Crippen LogP contribution in [0.2, 0.25) is 0 Å². The molecule has 0 aliphatic rings. The normalized spacial score (nSPS) is 11.3. The first kappa shape index (κ1) is 13.3. The molecule has 4 N–H and O–H groups in total. The Morgan fingerprint density at radius 2 is 2.06 bits per heavy atom. The molecule has 0 unspecified atom stereocenters. The van der Waals surface area contributed by atoms with Gasteiger partial charge in [-0.05, 0) is 32.0 Å². The van der Waals surface area contributed by atoms with Crippen LogP contribution in [0, 0.1) is 0 Å². The number of likely N-dealkylation sites (N-methyl/N-ethyl adjacent to an activating group) is 1. The van der Waals surface area contributed by atoms with Crippen molar-refractivity contribution in [2.75, 3.05) is 24.3 Å². The first-order chi connectivity index (χ1) is 7.79. The summed E-state index contributed by atoms with van der Waals surface area (Å²) in [6.07, 6.45) is 0. The number of anilines is 2. The van der Waals surface area contributed by atoms with E-state index in [2.05, 4.69) is 0 Å². The summed E-state index contributed by atoms with van der Waals surface area (Å²) in [6.45, 7) is 3.64. The van der Waals surface area contributed by atoms with Crippen LogP contribution in [-0.2, 0) is 0 Å². The molecule has 17 heavy (non-hydrogen) atoms. The van der Waals surface area contributed by atoms with Gasteiger partial charge in [-0.2, -0.15) is 0 Å². The molecule has 5 heteroatoms. The predicted molar refractivity (Wildman–Crippen MR) is 67.4 cm³/mol. The Labute approximate surface area is 100 Å². The van der Waals surface area contributed by atoms with Crippen molar-refractivity contribution >= 4 is 17.3 Å². The van der Waals surface area contributed by atoms with Crippen LogP contribution < -0.4 is 10.6 Å². The number of aromatic carboxylic acids is 1. The second-order valence-electron chi connectivity index (χ2n) is 4.61. The van der Waals surface area contributed by atoms with Gasteiger partial charge >= 0.3 is 5.97 Å². The molecule has 1 aromatic carbocycles. The largest absolute Gasteiger partial charge is 0.478 e. The molecule has 0 spiro atoms. The maximum atomic E-state index is 10.9. The summed E-state index contributed by atoms with van der Waals surface area (Å²) < 4.78 is 0. The summed E-state index contributed by atoms with van der Waals surface area (Å²) in [5.74, 6) is -0.999. The molecular formula is C12H18N2O3. The third kappa shape index (κ3) is 2.68. The lowest BCUT2D eigenvalue weighted by molar-refractivity contribution is 0.0697. The van der Waals surface area contributed by atoms with Crippen molar-refractivity contribution in [2.24, 2.45) is 0 Å². The maximum absolute atomic E-state index is 10.9. The van der Waals surface area contributed by atoms with E-state index in [1.54, 1.807) is 18.0 Å². The van der Waals surface area contributed by atoms with Crippen molar-refractivity contribution in [1.29, 1.82) is 0 Å². The lowest BCUT2D eigenvalue weighted by atomic mass is 10.0. The molecule has 0 atom stereocenters. The average molecular weight is 238 g/mol. The van der Waals surface area contributed by atoms with E-state index in [0.29, 0.717) is 11.4 Å². The van der Waals surface area contributed by atoms with Crippen molar-refractivity contribution in [3.63, 3.8) is 0 Å². The molecule has 0 saturated carbocycles. The minimum atomic E-state index is -0.999. The Hall–Kier alpha value is -1.75. The van der Waals surface area contributed by atoms with Crippen molar-refractivity contribution < 1.29 is 15.0 Å². The Morgan fingerprint density at radius 3 is 2.53 bits per heavy atom. The van der Waals surface area contributed by atoms with E-state index in [-0.39, 0.29) is 12.2 Å². The first-order valence-electron chi connectivity index (χ1n) is 5.27. The summed E-state index contributed by atoms with van der Waals surface area (Å²) in [4.78, 5) is 12.7. The molecule has 0 aliphatic heterocycles. The number of aliphatic hydroxyl groups is 1. The highest BCUT2D eigenvalue weighted by Crippen LogP contribution is 2.28. The highest BCUT2D eigenvalue weighted by Gasteiger charge is 2.24. The number of carbonyl (C=O) groups is 1. The van der Waals surface area contributed by atoms with Gasteiger partial charge in [0, 0.05) is 7.05 Å². The van der Waals surface area contributed by atoms with Gasteiger partial charge in [-0.1, -0.05) is 0 Å². The number of hydrogen-bond donors (Lipinski definition) is 3. The molecule has 0 aliphatic carbocycles. The van der Waals surface area contributed by atoms with Gasteiger partial charge in [-0.15, -0.1) is 0 Å². The number of nitrogen functional groups attached to an aromatic ring is 1. The number of aliphatic hydroxyl groups excluding tert-OH is 1. The van der Waals surface area contributed by atoms with E-state index in [0.717, 1.165) is 0 Å². The maximum Gasteiger partial charge on any atom is 0.335 e. The standard InChI is InChI=1S/C12H18N2O3/c1-12(2,7-15)14(3)10-6-8(11(16)17)4-5-9(10)13/h4-6,15H,7,13H2,1-3H3,(H,16,17). The summed E-state index contributed by atoms with van der Waals surface area (Å²) in [5.41, 5.74) is 6.58.